The molecule has 3 rings (SSSR count). The molecular formula is C24H30N2O4. The van der Waals surface area contributed by atoms with Crippen LogP contribution in [0.2, 0.25) is 0 Å². The van der Waals surface area contributed by atoms with Crippen molar-refractivity contribution in [1.82, 2.24) is 0 Å². The maximum absolute atomic E-state index is 11.2. The minimum Gasteiger partial charge on any atom is -0.486 e. The van der Waals surface area contributed by atoms with Crippen LogP contribution in [-0.2, 0) is 9.53 Å². The molecule has 0 saturated carbocycles. The Morgan fingerprint density at radius 2 is 2.23 bits per heavy atom. The largest absolute Gasteiger partial charge is 0.486 e. The zero-order valence-corrected chi connectivity index (χ0v) is 18.1. The lowest BCUT2D eigenvalue weighted by molar-refractivity contribution is -0.149. The predicted octanol–water partition coefficient (Wildman–Crippen LogP) is 4.67. The summed E-state index contributed by atoms with van der Waals surface area (Å²) < 4.78 is 11.9. The summed E-state index contributed by atoms with van der Waals surface area (Å²) in [6.07, 6.45) is 8.67. The van der Waals surface area contributed by atoms with E-state index in [-0.39, 0.29) is 12.7 Å². The Kier molecular flexibility index (Phi) is 6.68. The summed E-state index contributed by atoms with van der Waals surface area (Å²) in [5.41, 5.74) is 5.08. The molecular weight excluding hydrogens is 380 g/mol. The highest BCUT2D eigenvalue weighted by Gasteiger charge is 2.28. The van der Waals surface area contributed by atoms with Gasteiger partial charge < -0.3 is 19.5 Å². The van der Waals surface area contributed by atoms with Crippen molar-refractivity contribution >= 4 is 23.4 Å². The fourth-order valence-corrected chi connectivity index (χ4v) is 3.26. The van der Waals surface area contributed by atoms with Gasteiger partial charge in [-0.2, -0.15) is 0 Å². The molecule has 6 heteroatoms. The number of allylic oxidation sites excluding steroid dienone is 2. The number of ether oxygens (including phenoxy) is 2. The third-order valence-electron chi connectivity index (χ3n) is 5.28. The van der Waals surface area contributed by atoms with Gasteiger partial charge in [0.05, 0.1) is 17.6 Å². The predicted molar refractivity (Wildman–Crippen MR) is 119 cm³/mol. The summed E-state index contributed by atoms with van der Waals surface area (Å²) in [5.74, 6) is 0.327. The summed E-state index contributed by atoms with van der Waals surface area (Å²) in [7, 11) is 2.10. The van der Waals surface area contributed by atoms with Crippen molar-refractivity contribution in [3.05, 3.63) is 47.5 Å². The van der Waals surface area contributed by atoms with Crippen LogP contribution in [0.4, 0.5) is 5.69 Å². The molecule has 0 amide bonds. The molecule has 1 aromatic rings. The standard InChI is InChI=1S/C24H30N2O4/c1-5-6-9-19-15-26(4)20-12-11-17(13-21(20)30-19)18-8-7-10-22(25-14-18)29-16-24(2,3)23(27)28/h7,10-14,19H,5-6,9,15-16H2,1-4H3,(H,27,28). The lowest BCUT2D eigenvalue weighted by Gasteiger charge is -2.34. The van der Waals surface area contributed by atoms with Crippen LogP contribution in [0.5, 0.6) is 5.75 Å². The fraction of sp³-hybridized carbons (Fsp3) is 0.458. The van der Waals surface area contributed by atoms with Crippen LogP contribution in [0.1, 0.15) is 45.6 Å². The molecule has 6 nitrogen and oxygen atoms in total. The Morgan fingerprint density at radius 3 is 2.97 bits per heavy atom. The average Bonchev–Trinajstić information content (AvgIpc) is 2.96. The van der Waals surface area contributed by atoms with Crippen molar-refractivity contribution in [2.24, 2.45) is 10.4 Å². The van der Waals surface area contributed by atoms with Gasteiger partial charge >= 0.3 is 5.97 Å². The Bertz CT molecular complexity index is 923. The van der Waals surface area contributed by atoms with Crippen molar-refractivity contribution in [3.8, 4) is 5.75 Å². The molecule has 2 aliphatic rings. The lowest BCUT2D eigenvalue weighted by atomic mass is 9.95. The number of hydrogen-bond donors (Lipinski definition) is 1. The minimum atomic E-state index is -0.987. The van der Waals surface area contributed by atoms with Crippen LogP contribution in [0.15, 0.2) is 47.0 Å². The van der Waals surface area contributed by atoms with Gasteiger partial charge in [-0.05, 0) is 50.5 Å². The monoisotopic (exact) mass is 410 g/mol. The Labute approximate surface area is 178 Å². The average molecular weight is 411 g/mol. The molecule has 0 saturated heterocycles. The van der Waals surface area contributed by atoms with Gasteiger partial charge in [-0.15, -0.1) is 5.73 Å². The smallest absolute Gasteiger partial charge is 0.312 e. The maximum atomic E-state index is 11.2. The van der Waals surface area contributed by atoms with Crippen molar-refractivity contribution < 1.29 is 19.4 Å². The van der Waals surface area contributed by atoms with Crippen LogP contribution < -0.4 is 9.64 Å². The fourth-order valence-electron chi connectivity index (χ4n) is 3.26. The van der Waals surface area contributed by atoms with Crippen LogP contribution in [0.3, 0.4) is 0 Å². The first-order valence-corrected chi connectivity index (χ1v) is 10.4. The lowest BCUT2D eigenvalue weighted by Crippen LogP contribution is -2.37. The third kappa shape index (κ3) is 5.14. The van der Waals surface area contributed by atoms with Gasteiger partial charge in [-0.25, -0.2) is 4.99 Å². The van der Waals surface area contributed by atoms with Crippen molar-refractivity contribution in [1.29, 1.82) is 0 Å². The number of rotatable bonds is 8. The summed E-state index contributed by atoms with van der Waals surface area (Å²) in [5, 5.41) is 9.22. The van der Waals surface area contributed by atoms with Crippen molar-refractivity contribution in [2.45, 2.75) is 46.1 Å². The number of fused-ring (bicyclic) bond motifs is 1. The maximum Gasteiger partial charge on any atom is 0.312 e. The van der Waals surface area contributed by atoms with Crippen LogP contribution in [-0.4, -0.2) is 43.6 Å². The molecule has 1 atom stereocenters. The van der Waals surface area contributed by atoms with Crippen molar-refractivity contribution in [3.63, 3.8) is 0 Å². The van der Waals surface area contributed by atoms with Gasteiger partial charge in [0.2, 0.25) is 5.88 Å². The number of nitrogens with zero attached hydrogens (tertiary/aromatic N) is 2. The molecule has 2 aliphatic heterocycles. The first-order chi connectivity index (χ1) is 14.3. The summed E-state index contributed by atoms with van der Waals surface area (Å²) in [4.78, 5) is 17.8. The zero-order chi connectivity index (χ0) is 21.7. The molecule has 0 fully saturated rings. The number of aliphatic imine (C=N–C) groups is 1. The van der Waals surface area contributed by atoms with E-state index >= 15 is 0 Å². The van der Waals surface area contributed by atoms with Gasteiger partial charge in [-0.3, -0.25) is 4.79 Å². The quantitative estimate of drug-likeness (QED) is 0.631. The zero-order valence-electron chi connectivity index (χ0n) is 18.1. The van der Waals surface area contributed by atoms with Gasteiger partial charge in [0.15, 0.2) is 0 Å². The van der Waals surface area contributed by atoms with Crippen LogP contribution in [0, 0.1) is 5.41 Å². The SMILES string of the molecule is CCCCC1CN(C)c2ccc(C3=C=CC=C(OCC(C)(C)C(=O)O)N=C3)cc2O1. The van der Waals surface area contributed by atoms with Gasteiger partial charge in [0.25, 0.3) is 0 Å². The van der Waals surface area contributed by atoms with E-state index in [0.717, 1.165) is 48.4 Å². The number of unbranched alkanes of at least 4 members (excludes halogenated alkanes) is 1. The minimum absolute atomic E-state index is 0.0346. The van der Waals surface area contributed by atoms with Gasteiger partial charge in [0.1, 0.15) is 18.5 Å². The third-order valence-corrected chi connectivity index (χ3v) is 5.28. The number of hydrogen-bond acceptors (Lipinski definition) is 5. The summed E-state index contributed by atoms with van der Waals surface area (Å²) >= 11 is 0. The Balaban J connectivity index is 1.72. The normalized spacial score (nSPS) is 18.1. The van der Waals surface area contributed by atoms with E-state index < -0.39 is 11.4 Å². The molecule has 1 aromatic carbocycles. The second-order valence-corrected chi connectivity index (χ2v) is 8.41. The Hall–Kier alpha value is -2.98. The Morgan fingerprint density at radius 1 is 1.43 bits per heavy atom. The summed E-state index contributed by atoms with van der Waals surface area (Å²) in [6.45, 7) is 6.36. The van der Waals surface area contributed by atoms with E-state index in [4.69, 9.17) is 9.47 Å². The second-order valence-electron chi connectivity index (χ2n) is 8.41. The molecule has 1 N–H and O–H groups in total. The van der Waals surface area contributed by atoms with Gasteiger partial charge in [-0.1, -0.05) is 19.4 Å². The number of aliphatic carboxylic acids is 1. The van der Waals surface area contributed by atoms with E-state index in [2.05, 4.69) is 35.7 Å². The second kappa shape index (κ2) is 9.23. The molecule has 0 aromatic heterocycles. The molecule has 0 spiro atoms. The number of carboxylic acid groups (broad SMARTS) is 1. The molecule has 0 bridgehead atoms. The number of carboxylic acids is 1. The molecule has 160 valence electrons. The van der Waals surface area contributed by atoms with E-state index in [1.807, 2.05) is 12.1 Å². The van der Waals surface area contributed by atoms with Gasteiger partial charge in [0, 0.05) is 24.9 Å². The number of carbonyl (C=O) groups is 1. The molecule has 0 radical (unpaired) electrons. The molecule has 1 unspecified atom stereocenters. The molecule has 0 aliphatic carbocycles. The van der Waals surface area contributed by atoms with Crippen molar-refractivity contribution in [2.75, 3.05) is 25.1 Å². The number of likely N-dealkylation sites (N-methyl/N-ethyl adjacent to an activating group) is 1. The summed E-state index contributed by atoms with van der Waals surface area (Å²) in [6, 6.07) is 6.13. The van der Waals surface area contributed by atoms with Crippen LogP contribution in [0.25, 0.3) is 5.57 Å². The highest BCUT2D eigenvalue weighted by atomic mass is 16.5. The highest BCUT2D eigenvalue weighted by molar-refractivity contribution is 6.10. The van der Waals surface area contributed by atoms with E-state index in [0.29, 0.717) is 5.88 Å². The molecule has 30 heavy (non-hydrogen) atoms. The highest BCUT2D eigenvalue weighted by Crippen LogP contribution is 2.36. The van der Waals surface area contributed by atoms with E-state index in [1.54, 1.807) is 32.2 Å². The number of anilines is 1. The first kappa shape index (κ1) is 21.7. The van der Waals surface area contributed by atoms with E-state index in [9.17, 15) is 9.90 Å². The first-order valence-electron chi connectivity index (χ1n) is 10.4. The molecule has 2 heterocycles. The van der Waals surface area contributed by atoms with Crippen LogP contribution >= 0.6 is 0 Å². The topological polar surface area (TPSA) is 71.4 Å². The number of benzene rings is 1. The van der Waals surface area contributed by atoms with E-state index in [1.165, 1.54) is 0 Å².